The lowest BCUT2D eigenvalue weighted by atomic mass is 10.00. The quantitative estimate of drug-likeness (QED) is 0.675. The number of hydrogen-bond donors (Lipinski definition) is 0. The third kappa shape index (κ3) is 3.18. The van der Waals surface area contributed by atoms with Crippen LogP contribution in [-0.4, -0.2) is 16.6 Å². The van der Waals surface area contributed by atoms with Crippen LogP contribution in [0.15, 0.2) is 4.47 Å². The normalized spacial score (nSPS) is 19.2. The smallest absolute Gasteiger partial charge is 0.161 e. The largest absolute Gasteiger partial charge is 0.368 e. The van der Waals surface area contributed by atoms with E-state index in [9.17, 15) is 0 Å². The molecule has 0 N–H and O–H groups in total. The van der Waals surface area contributed by atoms with Crippen molar-refractivity contribution in [3.63, 3.8) is 0 Å². The Hall–Kier alpha value is -0.190. The van der Waals surface area contributed by atoms with Gasteiger partial charge in [0.2, 0.25) is 0 Å². The van der Waals surface area contributed by atoms with Crippen LogP contribution < -0.4 is 0 Å². The third-order valence-electron chi connectivity index (χ3n) is 4.19. The van der Waals surface area contributed by atoms with Gasteiger partial charge < -0.3 is 4.74 Å². The van der Waals surface area contributed by atoms with Crippen LogP contribution in [0.1, 0.15) is 70.3 Å². The molecule has 0 aromatic carbocycles. The first-order valence-corrected chi connectivity index (χ1v) is 8.56. The summed E-state index contributed by atoms with van der Waals surface area (Å²) in [5.41, 5.74) is 0.587. The maximum Gasteiger partial charge on any atom is 0.161 e. The fourth-order valence-corrected chi connectivity index (χ4v) is 3.46. The van der Waals surface area contributed by atoms with Crippen LogP contribution in [0, 0.1) is 0 Å². The average molecular weight is 362 g/mol. The lowest BCUT2D eigenvalue weighted by Gasteiger charge is -2.27. The van der Waals surface area contributed by atoms with E-state index >= 15 is 0 Å². The second-order valence-electron chi connectivity index (χ2n) is 5.54. The first-order valence-electron chi connectivity index (χ1n) is 7.39. The molecule has 1 aromatic rings. The summed E-state index contributed by atoms with van der Waals surface area (Å²) in [5.74, 6) is 1.20. The van der Waals surface area contributed by atoms with Crippen molar-refractivity contribution < 1.29 is 4.74 Å². The van der Waals surface area contributed by atoms with Crippen LogP contribution in [0.25, 0.3) is 0 Å². The van der Waals surface area contributed by atoms with Gasteiger partial charge >= 0.3 is 0 Å². The highest BCUT2D eigenvalue weighted by atomic mass is 79.9. The predicted molar refractivity (Wildman–Crippen MR) is 85.2 cm³/mol. The van der Waals surface area contributed by atoms with Crippen molar-refractivity contribution in [1.82, 2.24) is 9.97 Å². The van der Waals surface area contributed by atoms with Crippen LogP contribution >= 0.6 is 27.5 Å². The van der Waals surface area contributed by atoms with Gasteiger partial charge in [-0.1, -0.05) is 31.4 Å². The number of rotatable bonds is 5. The zero-order valence-electron chi connectivity index (χ0n) is 12.4. The van der Waals surface area contributed by atoms with Gasteiger partial charge in [-0.25, -0.2) is 9.97 Å². The zero-order chi connectivity index (χ0) is 14.8. The lowest BCUT2D eigenvalue weighted by molar-refractivity contribution is -0.0392. The van der Waals surface area contributed by atoms with Crippen molar-refractivity contribution in [2.45, 2.75) is 64.4 Å². The molecule has 1 aromatic heterocycles. The molecule has 1 atom stereocenters. The first-order chi connectivity index (χ1) is 9.51. The number of halogens is 2. The Morgan fingerprint density at radius 3 is 2.50 bits per heavy atom. The third-order valence-corrected chi connectivity index (χ3v) is 5.47. The summed E-state index contributed by atoms with van der Waals surface area (Å²) < 4.78 is 6.73. The topological polar surface area (TPSA) is 35.0 Å². The SMILES string of the molecule is CCOC(C)(CC)c1nc(Cl)c(Br)c(C2CCCC2)n1. The Kier molecular flexibility index (Phi) is 5.43. The molecule has 1 heterocycles. The lowest BCUT2D eigenvalue weighted by Crippen LogP contribution is -2.28. The van der Waals surface area contributed by atoms with Crippen LogP contribution in [0.2, 0.25) is 5.15 Å². The Morgan fingerprint density at radius 1 is 1.30 bits per heavy atom. The fourth-order valence-electron chi connectivity index (χ4n) is 2.79. The Morgan fingerprint density at radius 2 is 1.95 bits per heavy atom. The summed E-state index contributed by atoms with van der Waals surface area (Å²) in [6.07, 6.45) is 5.73. The second-order valence-corrected chi connectivity index (χ2v) is 6.69. The van der Waals surface area contributed by atoms with E-state index in [1.807, 2.05) is 13.8 Å². The Balaban J connectivity index is 2.44. The van der Waals surface area contributed by atoms with Crippen LogP contribution in [0.5, 0.6) is 0 Å². The van der Waals surface area contributed by atoms with Gasteiger partial charge in [0, 0.05) is 12.5 Å². The van der Waals surface area contributed by atoms with Gasteiger partial charge in [0.1, 0.15) is 10.8 Å². The minimum Gasteiger partial charge on any atom is -0.368 e. The molecule has 0 bridgehead atoms. The molecule has 0 saturated heterocycles. The average Bonchev–Trinajstić information content (AvgIpc) is 2.95. The monoisotopic (exact) mass is 360 g/mol. The number of aromatic nitrogens is 2. The minimum atomic E-state index is -0.466. The van der Waals surface area contributed by atoms with E-state index in [1.54, 1.807) is 0 Å². The highest BCUT2D eigenvalue weighted by Gasteiger charge is 2.32. The molecule has 0 aliphatic heterocycles. The van der Waals surface area contributed by atoms with Gasteiger partial charge in [-0.2, -0.15) is 0 Å². The van der Waals surface area contributed by atoms with Crippen molar-refractivity contribution in [2.24, 2.45) is 0 Å². The maximum atomic E-state index is 6.31. The summed E-state index contributed by atoms with van der Waals surface area (Å²) in [7, 11) is 0. The Labute approximate surface area is 134 Å². The first kappa shape index (κ1) is 16.2. The molecule has 1 unspecified atom stereocenters. The molecular formula is C15H22BrClN2O. The van der Waals surface area contributed by atoms with Gasteiger partial charge in [0.15, 0.2) is 5.82 Å². The Bertz CT molecular complexity index is 477. The van der Waals surface area contributed by atoms with Crippen LogP contribution in [0.3, 0.4) is 0 Å². The van der Waals surface area contributed by atoms with E-state index in [-0.39, 0.29) is 0 Å². The summed E-state index contributed by atoms with van der Waals surface area (Å²) in [6, 6.07) is 0. The van der Waals surface area contributed by atoms with Crippen molar-refractivity contribution in [3.8, 4) is 0 Å². The summed E-state index contributed by atoms with van der Waals surface area (Å²) >= 11 is 9.86. The molecule has 20 heavy (non-hydrogen) atoms. The molecule has 1 aliphatic rings. The number of nitrogens with zero attached hydrogens (tertiary/aromatic N) is 2. The highest BCUT2D eigenvalue weighted by Crippen LogP contribution is 2.40. The van der Waals surface area contributed by atoms with Gasteiger partial charge in [0.05, 0.1) is 10.2 Å². The highest BCUT2D eigenvalue weighted by molar-refractivity contribution is 9.10. The summed E-state index contributed by atoms with van der Waals surface area (Å²) in [6.45, 7) is 6.76. The zero-order valence-corrected chi connectivity index (χ0v) is 14.7. The predicted octanol–water partition coefficient (Wildman–Crippen LogP) is 5.21. The summed E-state index contributed by atoms with van der Waals surface area (Å²) in [5, 5.41) is 0.497. The molecule has 1 saturated carbocycles. The summed E-state index contributed by atoms with van der Waals surface area (Å²) in [4.78, 5) is 9.26. The molecule has 1 aliphatic carbocycles. The molecule has 5 heteroatoms. The van der Waals surface area contributed by atoms with E-state index in [1.165, 1.54) is 25.7 Å². The van der Waals surface area contributed by atoms with Crippen molar-refractivity contribution in [2.75, 3.05) is 6.61 Å². The fraction of sp³-hybridized carbons (Fsp3) is 0.733. The molecule has 0 amide bonds. The number of ether oxygens (including phenoxy) is 1. The molecule has 112 valence electrons. The molecule has 0 radical (unpaired) electrons. The van der Waals surface area contributed by atoms with Crippen molar-refractivity contribution >= 4 is 27.5 Å². The standard InChI is InChI=1S/C15H22BrClN2O/c1-4-15(3,20-5-2)14-18-12(10-8-6-7-9-10)11(16)13(17)19-14/h10H,4-9H2,1-3H3. The molecule has 2 rings (SSSR count). The van der Waals surface area contributed by atoms with E-state index < -0.39 is 5.60 Å². The van der Waals surface area contributed by atoms with Crippen molar-refractivity contribution in [1.29, 1.82) is 0 Å². The van der Waals surface area contributed by atoms with Gasteiger partial charge in [-0.15, -0.1) is 0 Å². The van der Waals surface area contributed by atoms with Gasteiger partial charge in [0.25, 0.3) is 0 Å². The van der Waals surface area contributed by atoms with E-state index in [0.717, 1.165) is 16.6 Å². The van der Waals surface area contributed by atoms with E-state index in [0.29, 0.717) is 23.5 Å². The van der Waals surface area contributed by atoms with Gasteiger partial charge in [-0.05, 0) is 49.0 Å². The van der Waals surface area contributed by atoms with Gasteiger partial charge in [-0.3, -0.25) is 0 Å². The molecular weight excluding hydrogens is 340 g/mol. The minimum absolute atomic E-state index is 0.466. The van der Waals surface area contributed by atoms with E-state index in [4.69, 9.17) is 21.3 Å². The van der Waals surface area contributed by atoms with Crippen LogP contribution in [-0.2, 0) is 10.3 Å². The molecule has 3 nitrogen and oxygen atoms in total. The maximum absolute atomic E-state index is 6.31. The number of hydrogen-bond acceptors (Lipinski definition) is 3. The van der Waals surface area contributed by atoms with E-state index in [2.05, 4.69) is 27.8 Å². The second kappa shape index (κ2) is 6.71. The van der Waals surface area contributed by atoms with Crippen molar-refractivity contribution in [3.05, 3.63) is 21.1 Å². The van der Waals surface area contributed by atoms with Crippen LogP contribution in [0.4, 0.5) is 0 Å². The molecule has 0 spiro atoms. The molecule has 1 fully saturated rings.